The topological polar surface area (TPSA) is 46.2 Å². The van der Waals surface area contributed by atoms with Gasteiger partial charge < -0.3 is 0 Å². The highest BCUT2D eigenvalue weighted by Gasteiger charge is 2.13. The minimum atomic E-state index is -3.47. The fourth-order valence-corrected chi connectivity index (χ4v) is 3.67. The largest absolute Gasteiger partial charge is 0.240 e. The Morgan fingerprint density at radius 3 is 2.09 bits per heavy atom. The quantitative estimate of drug-likeness (QED) is 0.829. The molecule has 0 fully saturated rings. The minimum absolute atomic E-state index is 0.308. The van der Waals surface area contributed by atoms with Crippen molar-refractivity contribution >= 4 is 10.0 Å². The predicted molar refractivity (Wildman–Crippen MR) is 95.0 cm³/mol. The Hall–Kier alpha value is -1.65. The average Bonchev–Trinajstić information content (AvgIpc) is 2.51. The van der Waals surface area contributed by atoms with Gasteiger partial charge in [-0.1, -0.05) is 54.8 Å². The fraction of sp³-hybridized carbons (Fsp3) is 0.368. The van der Waals surface area contributed by atoms with Gasteiger partial charge in [-0.2, -0.15) is 0 Å². The first-order chi connectivity index (χ1) is 10.9. The molecular formula is C19H25NO2S. The van der Waals surface area contributed by atoms with Crippen LogP contribution in [0.2, 0.25) is 0 Å². The molecule has 0 saturated carbocycles. The molecule has 0 amide bonds. The Morgan fingerprint density at radius 2 is 1.52 bits per heavy atom. The molecule has 0 heterocycles. The third kappa shape index (κ3) is 5.19. The summed E-state index contributed by atoms with van der Waals surface area (Å²) in [5, 5.41) is 0. The van der Waals surface area contributed by atoms with Gasteiger partial charge in [-0.25, -0.2) is 13.1 Å². The Balaban J connectivity index is 2.06. The summed E-state index contributed by atoms with van der Waals surface area (Å²) in [4.78, 5) is 0.321. The number of aryl methyl sites for hydroxylation is 3. The fourth-order valence-electron chi connectivity index (χ4n) is 2.65. The van der Waals surface area contributed by atoms with Crippen LogP contribution in [0.5, 0.6) is 0 Å². The van der Waals surface area contributed by atoms with E-state index in [1.807, 2.05) is 38.1 Å². The lowest BCUT2D eigenvalue weighted by Crippen LogP contribution is -2.23. The lowest BCUT2D eigenvalue weighted by atomic mass is 10.1. The molecule has 0 spiro atoms. The van der Waals surface area contributed by atoms with Crippen LogP contribution in [0.15, 0.2) is 47.4 Å². The van der Waals surface area contributed by atoms with Crippen LogP contribution >= 0.6 is 0 Å². The molecule has 124 valence electrons. The first-order valence-electron chi connectivity index (χ1n) is 8.06. The number of rotatable bonds is 7. The van der Waals surface area contributed by atoms with Crippen LogP contribution in [0.25, 0.3) is 0 Å². The number of unbranched alkanes of at least 4 members (excludes halogenated alkanes) is 1. The maximum Gasteiger partial charge on any atom is 0.240 e. The predicted octanol–water partition coefficient (Wildman–Crippen LogP) is 4.12. The van der Waals surface area contributed by atoms with Crippen molar-refractivity contribution in [3.63, 3.8) is 0 Å². The molecule has 0 unspecified atom stereocenters. The molecule has 0 aromatic heterocycles. The summed E-state index contributed by atoms with van der Waals surface area (Å²) in [6.45, 7) is 6.48. The summed E-state index contributed by atoms with van der Waals surface area (Å²) in [5.41, 5.74) is 4.43. The summed E-state index contributed by atoms with van der Waals surface area (Å²) < 4.78 is 27.5. The highest BCUT2D eigenvalue weighted by Crippen LogP contribution is 2.14. The number of benzene rings is 2. The summed E-state index contributed by atoms with van der Waals surface area (Å²) in [6, 6.07) is 13.3. The molecule has 0 aliphatic heterocycles. The van der Waals surface area contributed by atoms with Gasteiger partial charge in [0.1, 0.15) is 0 Å². The van der Waals surface area contributed by atoms with Crippen LogP contribution in [-0.4, -0.2) is 8.42 Å². The van der Waals surface area contributed by atoms with E-state index in [4.69, 9.17) is 0 Å². The van der Waals surface area contributed by atoms with Gasteiger partial charge in [-0.15, -0.1) is 0 Å². The van der Waals surface area contributed by atoms with Gasteiger partial charge >= 0.3 is 0 Å². The van der Waals surface area contributed by atoms with E-state index in [9.17, 15) is 8.42 Å². The highest BCUT2D eigenvalue weighted by molar-refractivity contribution is 7.89. The maximum atomic E-state index is 12.4. The summed E-state index contributed by atoms with van der Waals surface area (Å²) in [5.74, 6) is 0. The van der Waals surface area contributed by atoms with Crippen molar-refractivity contribution in [3.05, 3.63) is 64.7 Å². The van der Waals surface area contributed by atoms with E-state index >= 15 is 0 Å². The lowest BCUT2D eigenvalue weighted by molar-refractivity contribution is 0.581. The van der Waals surface area contributed by atoms with Crippen LogP contribution in [0.4, 0.5) is 0 Å². The molecule has 0 aliphatic rings. The third-order valence-corrected chi connectivity index (χ3v) is 5.22. The van der Waals surface area contributed by atoms with E-state index in [0.29, 0.717) is 11.4 Å². The van der Waals surface area contributed by atoms with Gasteiger partial charge in [0.15, 0.2) is 0 Å². The van der Waals surface area contributed by atoms with Crippen molar-refractivity contribution in [3.8, 4) is 0 Å². The van der Waals surface area contributed by atoms with Gasteiger partial charge in [0.2, 0.25) is 10.0 Å². The van der Waals surface area contributed by atoms with E-state index in [2.05, 4.69) is 17.7 Å². The second kappa shape index (κ2) is 7.75. The summed E-state index contributed by atoms with van der Waals surface area (Å²) in [7, 11) is -3.47. The van der Waals surface area contributed by atoms with E-state index in [-0.39, 0.29) is 0 Å². The van der Waals surface area contributed by atoms with Crippen molar-refractivity contribution in [2.75, 3.05) is 0 Å². The molecule has 0 atom stereocenters. The smallest absolute Gasteiger partial charge is 0.207 e. The molecule has 2 aromatic carbocycles. The molecule has 0 aliphatic carbocycles. The summed E-state index contributed by atoms with van der Waals surface area (Å²) in [6.07, 6.45) is 3.25. The molecule has 0 saturated heterocycles. The highest BCUT2D eigenvalue weighted by atomic mass is 32.2. The molecule has 23 heavy (non-hydrogen) atoms. The van der Waals surface area contributed by atoms with Crippen molar-refractivity contribution in [1.29, 1.82) is 0 Å². The zero-order chi connectivity index (χ0) is 16.9. The van der Waals surface area contributed by atoms with Crippen molar-refractivity contribution in [1.82, 2.24) is 4.72 Å². The van der Waals surface area contributed by atoms with Gasteiger partial charge in [0, 0.05) is 6.54 Å². The first kappa shape index (κ1) is 17.7. The second-order valence-electron chi connectivity index (χ2n) is 6.07. The van der Waals surface area contributed by atoms with Crippen molar-refractivity contribution in [2.45, 2.75) is 51.5 Å². The average molecular weight is 331 g/mol. The normalized spacial score (nSPS) is 11.6. The standard InChI is InChI=1S/C19H25NO2S/c1-4-5-6-17-7-9-19(10-8-17)23(21,22)20-14-18-12-15(2)11-16(3)13-18/h7-13,20H,4-6,14H2,1-3H3. The summed E-state index contributed by atoms with van der Waals surface area (Å²) >= 11 is 0. The van der Waals surface area contributed by atoms with Crippen LogP contribution in [-0.2, 0) is 23.0 Å². The molecule has 0 radical (unpaired) electrons. The molecule has 2 rings (SSSR count). The van der Waals surface area contributed by atoms with E-state index in [0.717, 1.165) is 36.0 Å². The van der Waals surface area contributed by atoms with Gasteiger partial charge in [0.05, 0.1) is 4.90 Å². The van der Waals surface area contributed by atoms with E-state index in [1.54, 1.807) is 12.1 Å². The van der Waals surface area contributed by atoms with Gasteiger partial charge in [0.25, 0.3) is 0 Å². The molecular weight excluding hydrogens is 306 g/mol. The SMILES string of the molecule is CCCCc1ccc(S(=O)(=O)NCc2cc(C)cc(C)c2)cc1. The third-order valence-electron chi connectivity index (χ3n) is 3.80. The number of sulfonamides is 1. The van der Waals surface area contributed by atoms with Crippen molar-refractivity contribution in [2.24, 2.45) is 0 Å². The molecule has 1 N–H and O–H groups in total. The molecule has 2 aromatic rings. The monoisotopic (exact) mass is 331 g/mol. The Morgan fingerprint density at radius 1 is 0.913 bits per heavy atom. The van der Waals surface area contributed by atoms with Crippen LogP contribution in [0, 0.1) is 13.8 Å². The maximum absolute atomic E-state index is 12.4. The number of nitrogens with one attached hydrogen (secondary N) is 1. The van der Waals surface area contributed by atoms with Crippen molar-refractivity contribution < 1.29 is 8.42 Å². The minimum Gasteiger partial charge on any atom is -0.207 e. The lowest BCUT2D eigenvalue weighted by Gasteiger charge is -2.09. The van der Waals surface area contributed by atoms with Gasteiger partial charge in [-0.3, -0.25) is 0 Å². The zero-order valence-electron chi connectivity index (χ0n) is 14.1. The second-order valence-corrected chi connectivity index (χ2v) is 7.83. The van der Waals surface area contributed by atoms with Crippen LogP contribution in [0.3, 0.4) is 0 Å². The zero-order valence-corrected chi connectivity index (χ0v) is 14.9. The number of hydrogen-bond acceptors (Lipinski definition) is 2. The Labute approximate surface area is 139 Å². The van der Waals surface area contributed by atoms with Gasteiger partial charge in [-0.05, 0) is 49.9 Å². The molecule has 0 bridgehead atoms. The molecule has 3 nitrogen and oxygen atoms in total. The van der Waals surface area contributed by atoms with Crippen LogP contribution in [0.1, 0.15) is 42.0 Å². The van der Waals surface area contributed by atoms with E-state index in [1.165, 1.54) is 5.56 Å². The Bertz CT molecular complexity index is 729. The van der Waals surface area contributed by atoms with Crippen LogP contribution < -0.4 is 4.72 Å². The number of hydrogen-bond donors (Lipinski definition) is 1. The first-order valence-corrected chi connectivity index (χ1v) is 9.55. The van der Waals surface area contributed by atoms with E-state index < -0.39 is 10.0 Å². The molecule has 4 heteroatoms. The Kier molecular flexibility index (Phi) is 5.97.